The summed E-state index contributed by atoms with van der Waals surface area (Å²) in [7, 11) is 0. The molecule has 1 aromatic heterocycles. The van der Waals surface area contributed by atoms with Gasteiger partial charge in [0.15, 0.2) is 5.13 Å². The molecule has 0 unspecified atom stereocenters. The number of hydrogen-bond donors (Lipinski definition) is 0. The highest BCUT2D eigenvalue weighted by atomic mass is 32.1. The van der Waals surface area contributed by atoms with Crippen molar-refractivity contribution in [3.63, 3.8) is 0 Å². The number of aryl methyl sites for hydroxylation is 1. The van der Waals surface area contributed by atoms with Gasteiger partial charge in [0.25, 0.3) is 5.91 Å². The van der Waals surface area contributed by atoms with E-state index in [1.165, 1.54) is 24.5 Å². The number of thiazole rings is 1. The monoisotopic (exact) mass is 292 g/mol. The summed E-state index contributed by atoms with van der Waals surface area (Å²) in [5, 5.41) is 2.01. The average molecular weight is 292 g/mol. The van der Waals surface area contributed by atoms with Crippen molar-refractivity contribution in [1.82, 2.24) is 4.98 Å². The van der Waals surface area contributed by atoms with Gasteiger partial charge in [0.2, 0.25) is 0 Å². The van der Waals surface area contributed by atoms with Crippen molar-refractivity contribution >= 4 is 22.4 Å². The van der Waals surface area contributed by atoms with Gasteiger partial charge in [-0.1, -0.05) is 5.92 Å². The summed E-state index contributed by atoms with van der Waals surface area (Å²) in [6, 6.07) is 1.86. The molecule has 0 saturated carbocycles. The first-order chi connectivity index (χ1) is 9.54. The molecule has 0 aliphatic heterocycles. The van der Waals surface area contributed by atoms with Crippen molar-refractivity contribution in [3.8, 4) is 12.3 Å². The zero-order valence-corrected chi connectivity index (χ0v) is 11.4. The lowest BCUT2D eigenvalue weighted by Gasteiger charge is -2.17. The zero-order valence-electron chi connectivity index (χ0n) is 10.6. The standard InChI is InChI=1S/C14H10F2N2OS/c1-3-5-18(14-17-4-6-20-14)13(19)10-8-11(15)9(2)7-12(10)16/h1,4,6-8H,5H2,2H3. The molecule has 0 radical (unpaired) electrons. The maximum Gasteiger partial charge on any atom is 0.264 e. The molecular formula is C14H10F2N2OS. The van der Waals surface area contributed by atoms with Gasteiger partial charge < -0.3 is 0 Å². The van der Waals surface area contributed by atoms with Crippen LogP contribution in [-0.4, -0.2) is 17.4 Å². The van der Waals surface area contributed by atoms with Gasteiger partial charge in [0.1, 0.15) is 11.6 Å². The van der Waals surface area contributed by atoms with Crippen LogP contribution in [0.15, 0.2) is 23.7 Å². The number of anilines is 1. The van der Waals surface area contributed by atoms with Gasteiger partial charge in [-0.15, -0.1) is 17.8 Å². The molecule has 0 fully saturated rings. The van der Waals surface area contributed by atoms with Gasteiger partial charge in [-0.2, -0.15) is 0 Å². The van der Waals surface area contributed by atoms with Crippen LogP contribution < -0.4 is 4.90 Å². The molecule has 0 saturated heterocycles. The number of aromatic nitrogens is 1. The number of rotatable bonds is 3. The topological polar surface area (TPSA) is 33.2 Å². The van der Waals surface area contributed by atoms with Gasteiger partial charge in [-0.3, -0.25) is 9.69 Å². The lowest BCUT2D eigenvalue weighted by Crippen LogP contribution is -2.32. The van der Waals surface area contributed by atoms with E-state index in [9.17, 15) is 13.6 Å². The Morgan fingerprint density at radius 3 is 2.80 bits per heavy atom. The van der Waals surface area contributed by atoms with E-state index in [1.54, 1.807) is 5.38 Å². The number of terminal acetylenes is 1. The van der Waals surface area contributed by atoms with Gasteiger partial charge in [-0.05, 0) is 24.6 Å². The lowest BCUT2D eigenvalue weighted by atomic mass is 10.1. The van der Waals surface area contributed by atoms with E-state index in [-0.39, 0.29) is 17.7 Å². The Morgan fingerprint density at radius 2 is 2.20 bits per heavy atom. The summed E-state index contributed by atoms with van der Waals surface area (Å²) in [5.41, 5.74) is -0.227. The van der Waals surface area contributed by atoms with Crippen LogP contribution in [-0.2, 0) is 0 Å². The minimum atomic E-state index is -0.785. The molecular weight excluding hydrogens is 282 g/mol. The molecule has 0 aliphatic rings. The minimum Gasteiger partial charge on any atom is -0.272 e. The second kappa shape index (κ2) is 5.80. The van der Waals surface area contributed by atoms with Crippen LogP contribution in [0.25, 0.3) is 0 Å². The predicted molar refractivity (Wildman–Crippen MR) is 73.7 cm³/mol. The quantitative estimate of drug-likeness (QED) is 0.815. The summed E-state index contributed by atoms with van der Waals surface area (Å²) < 4.78 is 27.4. The van der Waals surface area contributed by atoms with Crippen LogP contribution in [0.2, 0.25) is 0 Å². The number of carbonyl (C=O) groups excluding carboxylic acids is 1. The van der Waals surface area contributed by atoms with Gasteiger partial charge in [-0.25, -0.2) is 13.8 Å². The first-order valence-corrected chi connectivity index (χ1v) is 6.53. The maximum absolute atomic E-state index is 13.8. The third kappa shape index (κ3) is 2.68. The van der Waals surface area contributed by atoms with E-state index in [2.05, 4.69) is 10.9 Å². The molecule has 1 amide bonds. The number of amides is 1. The predicted octanol–water partition coefficient (Wildman–Crippen LogP) is 3.01. The first-order valence-electron chi connectivity index (χ1n) is 5.65. The van der Waals surface area contributed by atoms with E-state index in [0.29, 0.717) is 5.13 Å². The SMILES string of the molecule is C#CCN(C(=O)c1cc(F)c(C)cc1F)c1nccs1. The van der Waals surface area contributed by atoms with Gasteiger partial charge in [0.05, 0.1) is 12.1 Å². The molecule has 102 valence electrons. The number of hydrogen-bond acceptors (Lipinski definition) is 3. The minimum absolute atomic E-state index is 0.0682. The lowest BCUT2D eigenvalue weighted by molar-refractivity contribution is 0.0985. The summed E-state index contributed by atoms with van der Waals surface area (Å²) >= 11 is 1.19. The smallest absolute Gasteiger partial charge is 0.264 e. The second-order valence-electron chi connectivity index (χ2n) is 3.99. The Balaban J connectivity index is 2.43. The Labute approximate surface area is 118 Å². The maximum atomic E-state index is 13.8. The van der Waals surface area contributed by atoms with Gasteiger partial charge in [0, 0.05) is 11.6 Å². The third-order valence-electron chi connectivity index (χ3n) is 2.62. The molecule has 2 aromatic rings. The summed E-state index contributed by atoms with van der Waals surface area (Å²) in [5.74, 6) is 0.165. The highest BCUT2D eigenvalue weighted by Gasteiger charge is 2.23. The fourth-order valence-electron chi connectivity index (χ4n) is 1.62. The number of nitrogens with zero attached hydrogens (tertiary/aromatic N) is 2. The van der Waals surface area contributed by atoms with Crippen LogP contribution in [0.4, 0.5) is 13.9 Å². The molecule has 1 heterocycles. The number of carbonyl (C=O) groups is 1. The fraction of sp³-hybridized carbons (Fsp3) is 0.143. The normalized spacial score (nSPS) is 10.1. The molecule has 0 spiro atoms. The molecule has 0 atom stereocenters. The second-order valence-corrected chi connectivity index (χ2v) is 4.86. The van der Waals surface area contributed by atoms with Gasteiger partial charge >= 0.3 is 0 Å². The summed E-state index contributed by atoms with van der Waals surface area (Å²) in [4.78, 5) is 17.4. The molecule has 0 bridgehead atoms. The summed E-state index contributed by atoms with van der Waals surface area (Å²) in [6.45, 7) is 1.36. The van der Waals surface area contributed by atoms with E-state index in [4.69, 9.17) is 6.42 Å². The van der Waals surface area contributed by atoms with Crippen molar-refractivity contribution < 1.29 is 13.6 Å². The largest absolute Gasteiger partial charge is 0.272 e. The Kier molecular flexibility index (Phi) is 4.11. The molecule has 6 heteroatoms. The Morgan fingerprint density at radius 1 is 1.45 bits per heavy atom. The third-order valence-corrected chi connectivity index (χ3v) is 3.42. The molecule has 0 aliphatic carbocycles. The van der Waals surface area contributed by atoms with E-state index >= 15 is 0 Å². The Hall–Kier alpha value is -2.26. The van der Waals surface area contributed by atoms with E-state index in [1.807, 2.05) is 0 Å². The highest BCUT2D eigenvalue weighted by Crippen LogP contribution is 2.22. The van der Waals surface area contributed by atoms with Crippen LogP contribution in [0.5, 0.6) is 0 Å². The zero-order chi connectivity index (χ0) is 14.7. The molecule has 0 N–H and O–H groups in total. The molecule has 20 heavy (non-hydrogen) atoms. The molecule has 3 nitrogen and oxygen atoms in total. The van der Waals surface area contributed by atoms with Crippen LogP contribution >= 0.6 is 11.3 Å². The highest BCUT2D eigenvalue weighted by molar-refractivity contribution is 7.13. The van der Waals surface area contributed by atoms with E-state index < -0.39 is 17.5 Å². The first kappa shape index (κ1) is 14.2. The number of benzene rings is 1. The van der Waals surface area contributed by atoms with Crippen LogP contribution in [0.3, 0.4) is 0 Å². The average Bonchev–Trinajstić information content (AvgIpc) is 2.93. The van der Waals surface area contributed by atoms with E-state index in [0.717, 1.165) is 17.0 Å². The summed E-state index contributed by atoms with van der Waals surface area (Å²) in [6.07, 6.45) is 6.71. The Bertz CT molecular complexity index is 677. The van der Waals surface area contributed by atoms with Crippen molar-refractivity contribution in [1.29, 1.82) is 0 Å². The van der Waals surface area contributed by atoms with Crippen LogP contribution in [0.1, 0.15) is 15.9 Å². The van der Waals surface area contributed by atoms with Crippen molar-refractivity contribution in [2.45, 2.75) is 6.92 Å². The molecule has 2 rings (SSSR count). The number of halogens is 2. The van der Waals surface area contributed by atoms with Crippen molar-refractivity contribution in [2.75, 3.05) is 11.4 Å². The molecule has 1 aromatic carbocycles. The van der Waals surface area contributed by atoms with Crippen molar-refractivity contribution in [2.24, 2.45) is 0 Å². The fourth-order valence-corrected chi connectivity index (χ4v) is 2.26. The van der Waals surface area contributed by atoms with Crippen molar-refractivity contribution in [3.05, 3.63) is 46.5 Å². The van der Waals surface area contributed by atoms with Crippen LogP contribution in [0, 0.1) is 30.9 Å².